The zero-order valence-electron chi connectivity index (χ0n) is 8.13. The van der Waals surface area contributed by atoms with Crippen molar-refractivity contribution in [3.63, 3.8) is 0 Å². The van der Waals surface area contributed by atoms with E-state index in [0.29, 0.717) is 5.89 Å². The van der Waals surface area contributed by atoms with E-state index in [1.807, 2.05) is 13.8 Å². The summed E-state index contributed by atoms with van der Waals surface area (Å²) in [5, 5.41) is 10.8. The van der Waals surface area contributed by atoms with Crippen LogP contribution in [0.25, 0.3) is 0 Å². The van der Waals surface area contributed by atoms with Gasteiger partial charge in [0.2, 0.25) is 11.8 Å². The zero-order valence-corrected chi connectivity index (χ0v) is 8.13. The fourth-order valence-electron chi connectivity index (χ4n) is 0.923. The summed E-state index contributed by atoms with van der Waals surface area (Å²) in [7, 11) is 0. The molecule has 0 atom stereocenters. The third-order valence-corrected chi connectivity index (χ3v) is 1.75. The van der Waals surface area contributed by atoms with Crippen LogP contribution in [0.5, 0.6) is 0 Å². The first-order valence-corrected chi connectivity index (χ1v) is 4.20. The van der Waals surface area contributed by atoms with E-state index in [9.17, 15) is 4.79 Å². The molecule has 0 aliphatic carbocycles. The summed E-state index contributed by atoms with van der Waals surface area (Å²) in [6.45, 7) is 3.87. The summed E-state index contributed by atoms with van der Waals surface area (Å²) in [4.78, 5) is 15.0. The third kappa shape index (κ3) is 2.59. The fourth-order valence-corrected chi connectivity index (χ4v) is 0.923. The number of carbonyl (C=O) groups excluding carboxylic acids is 1. The van der Waals surface area contributed by atoms with Crippen molar-refractivity contribution in [2.75, 3.05) is 0 Å². The Bertz CT molecular complexity index is 356. The lowest BCUT2D eigenvalue weighted by atomic mass is 10.4. The largest absolute Gasteiger partial charge is 0.444 e. The van der Waals surface area contributed by atoms with Crippen LogP contribution in [0.15, 0.2) is 4.42 Å². The maximum Gasteiger partial charge on any atom is 0.234 e. The van der Waals surface area contributed by atoms with E-state index in [2.05, 4.69) is 10.3 Å². The monoisotopic (exact) mass is 193 g/mol. The maximum atomic E-state index is 10.9. The number of nitrogens with zero attached hydrogens (tertiary/aromatic N) is 2. The number of nitriles is 1. The van der Waals surface area contributed by atoms with Gasteiger partial charge in [0.05, 0.1) is 18.3 Å². The van der Waals surface area contributed by atoms with Gasteiger partial charge in [-0.3, -0.25) is 4.79 Å². The third-order valence-electron chi connectivity index (χ3n) is 1.75. The van der Waals surface area contributed by atoms with Crippen molar-refractivity contribution in [1.82, 2.24) is 10.3 Å². The van der Waals surface area contributed by atoms with E-state index in [1.54, 1.807) is 6.07 Å². The van der Waals surface area contributed by atoms with Crippen LogP contribution in [-0.4, -0.2) is 10.9 Å². The van der Waals surface area contributed by atoms with Crippen molar-refractivity contribution in [2.45, 2.75) is 26.8 Å². The highest BCUT2D eigenvalue weighted by Crippen LogP contribution is 2.07. The molecule has 74 valence electrons. The molecule has 5 nitrogen and oxygen atoms in total. The highest BCUT2D eigenvalue weighted by Gasteiger charge is 2.06. The van der Waals surface area contributed by atoms with Gasteiger partial charge in [-0.05, 0) is 13.8 Å². The van der Waals surface area contributed by atoms with Crippen molar-refractivity contribution in [1.29, 1.82) is 5.26 Å². The van der Waals surface area contributed by atoms with E-state index < -0.39 is 0 Å². The number of aryl methyl sites for hydroxylation is 2. The zero-order chi connectivity index (χ0) is 10.6. The predicted octanol–water partition coefficient (Wildman–Crippen LogP) is 0.821. The minimum absolute atomic E-state index is 0.140. The molecule has 14 heavy (non-hydrogen) atoms. The quantitative estimate of drug-likeness (QED) is 0.770. The van der Waals surface area contributed by atoms with Crippen molar-refractivity contribution in [3.8, 4) is 6.07 Å². The van der Waals surface area contributed by atoms with Gasteiger partial charge in [-0.25, -0.2) is 4.98 Å². The van der Waals surface area contributed by atoms with Gasteiger partial charge in [0, 0.05) is 0 Å². The molecule has 0 unspecified atom stereocenters. The van der Waals surface area contributed by atoms with Gasteiger partial charge in [0.25, 0.3) is 0 Å². The van der Waals surface area contributed by atoms with Gasteiger partial charge in [0.15, 0.2) is 0 Å². The number of rotatable bonds is 3. The minimum Gasteiger partial charge on any atom is -0.444 e. The second-order valence-corrected chi connectivity index (χ2v) is 2.86. The number of oxazole rings is 1. The van der Waals surface area contributed by atoms with Crippen molar-refractivity contribution in [3.05, 3.63) is 17.3 Å². The Morgan fingerprint density at radius 1 is 1.64 bits per heavy atom. The Morgan fingerprint density at radius 2 is 2.36 bits per heavy atom. The van der Waals surface area contributed by atoms with Gasteiger partial charge >= 0.3 is 0 Å². The topological polar surface area (TPSA) is 78.9 Å². The molecule has 1 aromatic rings. The first-order chi connectivity index (χ1) is 6.63. The predicted molar refractivity (Wildman–Crippen MR) is 48.1 cm³/mol. The minimum atomic E-state index is -0.319. The SMILES string of the molecule is Cc1nc(CNC(=O)CC#N)oc1C. The van der Waals surface area contributed by atoms with Gasteiger partial charge < -0.3 is 9.73 Å². The number of hydrogen-bond acceptors (Lipinski definition) is 4. The second-order valence-electron chi connectivity index (χ2n) is 2.86. The lowest BCUT2D eigenvalue weighted by Crippen LogP contribution is -2.21. The molecule has 1 amide bonds. The van der Waals surface area contributed by atoms with Gasteiger partial charge in [-0.2, -0.15) is 5.26 Å². The second kappa shape index (κ2) is 4.42. The number of nitrogens with one attached hydrogen (secondary N) is 1. The summed E-state index contributed by atoms with van der Waals surface area (Å²) in [6, 6.07) is 1.76. The molecule has 0 fully saturated rings. The van der Waals surface area contributed by atoms with Gasteiger partial charge in [0.1, 0.15) is 12.2 Å². The standard InChI is InChI=1S/C9H11N3O2/c1-6-7(2)14-9(12-6)5-11-8(13)3-4-10/h3,5H2,1-2H3,(H,11,13). The number of amides is 1. The number of carbonyl (C=O) groups is 1. The van der Waals surface area contributed by atoms with Crippen molar-refractivity contribution in [2.24, 2.45) is 0 Å². The van der Waals surface area contributed by atoms with E-state index in [-0.39, 0.29) is 18.9 Å². The van der Waals surface area contributed by atoms with E-state index >= 15 is 0 Å². The molecule has 0 saturated heterocycles. The van der Waals surface area contributed by atoms with Crippen LogP contribution in [-0.2, 0) is 11.3 Å². The normalized spacial score (nSPS) is 9.50. The average Bonchev–Trinajstić information content (AvgIpc) is 2.44. The summed E-state index contributed by atoms with van der Waals surface area (Å²) in [5.74, 6) is 0.891. The summed E-state index contributed by atoms with van der Waals surface area (Å²) in [6.07, 6.45) is -0.140. The molecule has 0 bridgehead atoms. The molecule has 0 saturated carbocycles. The highest BCUT2D eigenvalue weighted by molar-refractivity contribution is 5.77. The van der Waals surface area contributed by atoms with Crippen LogP contribution in [0.3, 0.4) is 0 Å². The lowest BCUT2D eigenvalue weighted by molar-refractivity contribution is -0.120. The first kappa shape index (κ1) is 10.3. The van der Waals surface area contributed by atoms with Gasteiger partial charge in [-0.1, -0.05) is 0 Å². The maximum absolute atomic E-state index is 10.9. The summed E-state index contributed by atoms with van der Waals surface area (Å²) >= 11 is 0. The Balaban J connectivity index is 2.46. The number of hydrogen-bond donors (Lipinski definition) is 1. The molecule has 0 spiro atoms. The molecule has 0 aliphatic heterocycles. The molecular weight excluding hydrogens is 182 g/mol. The molecule has 0 aliphatic rings. The Labute approximate surface area is 81.7 Å². The summed E-state index contributed by atoms with van der Waals surface area (Å²) < 4.78 is 5.23. The smallest absolute Gasteiger partial charge is 0.234 e. The van der Waals surface area contributed by atoms with Gasteiger partial charge in [-0.15, -0.1) is 0 Å². The highest BCUT2D eigenvalue weighted by atomic mass is 16.4. The molecule has 1 rings (SSSR count). The Hall–Kier alpha value is -1.83. The number of aromatic nitrogens is 1. The summed E-state index contributed by atoms with van der Waals surface area (Å²) in [5.41, 5.74) is 0.814. The Kier molecular flexibility index (Phi) is 3.24. The molecule has 0 radical (unpaired) electrons. The first-order valence-electron chi connectivity index (χ1n) is 4.20. The Morgan fingerprint density at radius 3 is 2.86 bits per heavy atom. The van der Waals surface area contributed by atoms with Crippen LogP contribution >= 0.6 is 0 Å². The fraction of sp³-hybridized carbons (Fsp3) is 0.444. The molecule has 0 aromatic carbocycles. The lowest BCUT2D eigenvalue weighted by Gasteiger charge is -1.96. The molecular formula is C9H11N3O2. The van der Waals surface area contributed by atoms with Crippen LogP contribution < -0.4 is 5.32 Å². The molecule has 1 N–H and O–H groups in total. The van der Waals surface area contributed by atoms with E-state index in [1.165, 1.54) is 0 Å². The van der Waals surface area contributed by atoms with Crippen molar-refractivity contribution < 1.29 is 9.21 Å². The van der Waals surface area contributed by atoms with Crippen LogP contribution in [0, 0.1) is 25.2 Å². The van der Waals surface area contributed by atoms with E-state index in [0.717, 1.165) is 11.5 Å². The van der Waals surface area contributed by atoms with E-state index in [4.69, 9.17) is 9.68 Å². The molecule has 1 aromatic heterocycles. The van der Waals surface area contributed by atoms with Crippen molar-refractivity contribution >= 4 is 5.91 Å². The average molecular weight is 193 g/mol. The van der Waals surface area contributed by atoms with Crippen LogP contribution in [0.4, 0.5) is 0 Å². The van der Waals surface area contributed by atoms with Crippen LogP contribution in [0.1, 0.15) is 23.8 Å². The van der Waals surface area contributed by atoms with Crippen LogP contribution in [0.2, 0.25) is 0 Å². The molecule has 1 heterocycles. The molecule has 5 heteroatoms.